The van der Waals surface area contributed by atoms with E-state index in [1.807, 2.05) is 0 Å². The molecule has 0 radical (unpaired) electrons. The van der Waals surface area contributed by atoms with Crippen LogP contribution in [0, 0.1) is 0 Å². The van der Waals surface area contributed by atoms with Gasteiger partial charge in [0.15, 0.2) is 0 Å². The molecule has 6 heteroatoms. The molecule has 64 valence electrons. The monoisotopic (exact) mass is 236 g/mol. The average Bonchev–Trinajstić information content (AvgIpc) is 1.78. The van der Waals surface area contributed by atoms with Crippen molar-refractivity contribution < 1.29 is 9.53 Å². The zero-order chi connectivity index (χ0) is 8.91. The molecule has 11 heavy (non-hydrogen) atoms. The Morgan fingerprint density at radius 2 is 2.00 bits per heavy atom. The van der Waals surface area contributed by atoms with Gasteiger partial charge in [0.2, 0.25) is 3.79 Å². The van der Waals surface area contributed by atoms with Crippen LogP contribution in [0.15, 0.2) is 12.2 Å². The van der Waals surface area contributed by atoms with Gasteiger partial charge >= 0.3 is 5.43 Å². The van der Waals surface area contributed by atoms with Gasteiger partial charge in [-0.2, -0.15) is 0 Å². The number of hydrogen-bond donors (Lipinski definition) is 0. The summed E-state index contributed by atoms with van der Waals surface area (Å²) in [7, 11) is 0. The minimum Gasteiger partial charge on any atom is -0.449 e. The minimum atomic E-state index is -1.46. The van der Waals surface area contributed by atoms with E-state index < -0.39 is 9.22 Å². The summed E-state index contributed by atoms with van der Waals surface area (Å²) in [5, 5.41) is 0. The first-order valence-corrected chi connectivity index (χ1v) is 3.99. The summed E-state index contributed by atoms with van der Waals surface area (Å²) in [6, 6.07) is 0. The molecule has 0 aromatic rings. The highest BCUT2D eigenvalue weighted by atomic mass is 35.6. The Morgan fingerprint density at radius 1 is 1.45 bits per heavy atom. The van der Waals surface area contributed by atoms with Crippen molar-refractivity contribution in [1.29, 1.82) is 0 Å². The van der Waals surface area contributed by atoms with Crippen molar-refractivity contribution in [2.45, 2.75) is 3.79 Å². The fraction of sp³-hybridized carbons (Fsp3) is 0.400. The van der Waals surface area contributed by atoms with E-state index >= 15 is 0 Å². The van der Waals surface area contributed by atoms with Crippen LogP contribution >= 0.6 is 46.4 Å². The van der Waals surface area contributed by atoms with Crippen molar-refractivity contribution in [3.63, 3.8) is 0 Å². The maximum Gasteiger partial charge on any atom is 0.404 e. The summed E-state index contributed by atoms with van der Waals surface area (Å²) >= 11 is 20.8. The topological polar surface area (TPSA) is 26.3 Å². The van der Waals surface area contributed by atoms with Crippen molar-refractivity contribution in [1.82, 2.24) is 0 Å². The predicted octanol–water partition coefficient (Wildman–Crippen LogP) is 3.29. The highest BCUT2D eigenvalue weighted by Gasteiger charge is 2.13. The van der Waals surface area contributed by atoms with Crippen molar-refractivity contribution >= 4 is 51.8 Å². The Morgan fingerprint density at radius 3 is 2.36 bits per heavy atom. The van der Waals surface area contributed by atoms with Crippen molar-refractivity contribution in [2.75, 3.05) is 6.61 Å². The molecule has 0 bridgehead atoms. The van der Waals surface area contributed by atoms with E-state index in [4.69, 9.17) is 46.4 Å². The molecule has 0 amide bonds. The Bertz CT molecular complexity index is 160. The Labute approximate surface area is 84.0 Å². The van der Waals surface area contributed by atoms with Gasteiger partial charge in [0.1, 0.15) is 6.61 Å². The van der Waals surface area contributed by atoms with Crippen LogP contribution in [0.25, 0.3) is 0 Å². The highest BCUT2D eigenvalue weighted by Crippen LogP contribution is 2.27. The van der Waals surface area contributed by atoms with Gasteiger partial charge < -0.3 is 4.74 Å². The van der Waals surface area contributed by atoms with E-state index in [0.29, 0.717) is 0 Å². The van der Waals surface area contributed by atoms with Crippen LogP contribution in [0.2, 0.25) is 0 Å². The van der Waals surface area contributed by atoms with Gasteiger partial charge in [-0.3, -0.25) is 0 Å². The normalized spacial score (nSPS) is 12.0. The number of alkyl halides is 3. The zero-order valence-electron chi connectivity index (χ0n) is 5.19. The lowest BCUT2D eigenvalue weighted by Gasteiger charge is -2.01. The van der Waals surface area contributed by atoms with E-state index in [1.54, 1.807) is 0 Å². The standard InChI is InChI=1S/C5H4Cl4O2/c6-4(10)11-3-1-2-5(7,8)9/h1-2H,3H2. The van der Waals surface area contributed by atoms with Crippen molar-refractivity contribution in [3.8, 4) is 0 Å². The number of allylic oxidation sites excluding steroid dienone is 1. The van der Waals surface area contributed by atoms with Gasteiger partial charge in [-0.05, 0) is 12.2 Å². The molecular formula is C5H4Cl4O2. The van der Waals surface area contributed by atoms with Crippen LogP contribution < -0.4 is 0 Å². The molecule has 0 N–H and O–H groups in total. The number of halogens is 4. The number of carbonyl (C=O) groups excluding carboxylic acids is 1. The molecule has 0 unspecified atom stereocenters. The van der Waals surface area contributed by atoms with Crippen molar-refractivity contribution in [2.24, 2.45) is 0 Å². The van der Waals surface area contributed by atoms with Crippen LogP contribution in [-0.4, -0.2) is 15.8 Å². The molecule has 0 saturated heterocycles. The molecule has 0 heterocycles. The lowest BCUT2D eigenvalue weighted by Crippen LogP contribution is -1.97. The van der Waals surface area contributed by atoms with Gasteiger partial charge in [0.25, 0.3) is 0 Å². The first-order chi connectivity index (χ1) is 4.92. The summed E-state index contributed by atoms with van der Waals surface area (Å²) in [4.78, 5) is 9.98. The SMILES string of the molecule is O=C(Cl)OCC=CC(Cl)(Cl)Cl. The molecule has 0 fully saturated rings. The van der Waals surface area contributed by atoms with Crippen molar-refractivity contribution in [3.05, 3.63) is 12.2 Å². The number of rotatable bonds is 2. The molecule has 0 aliphatic heterocycles. The number of carbonyl (C=O) groups is 1. The lowest BCUT2D eigenvalue weighted by molar-refractivity contribution is 0.186. The second-order valence-corrected chi connectivity index (χ2v) is 4.17. The summed E-state index contributed by atoms with van der Waals surface area (Å²) in [6.07, 6.45) is 2.64. The maximum atomic E-state index is 9.98. The predicted molar refractivity (Wildman–Crippen MR) is 46.6 cm³/mol. The maximum absolute atomic E-state index is 9.98. The molecule has 0 atom stereocenters. The van der Waals surface area contributed by atoms with Crippen LogP contribution in [0.5, 0.6) is 0 Å². The average molecular weight is 238 g/mol. The molecular weight excluding hydrogens is 234 g/mol. The Kier molecular flexibility index (Phi) is 5.26. The van der Waals surface area contributed by atoms with E-state index in [1.165, 1.54) is 12.2 Å². The summed E-state index contributed by atoms with van der Waals surface area (Å²) in [5.41, 5.74) is -0.890. The third-order valence-corrected chi connectivity index (χ3v) is 1.09. The second-order valence-electron chi connectivity index (χ2n) is 1.49. The van der Waals surface area contributed by atoms with E-state index in [-0.39, 0.29) is 6.61 Å². The molecule has 0 spiro atoms. The van der Waals surface area contributed by atoms with Crippen LogP contribution in [-0.2, 0) is 4.74 Å². The Hall–Kier alpha value is 0.370. The summed E-state index contributed by atoms with van der Waals surface area (Å²) in [6.45, 7) is -0.00373. The highest BCUT2D eigenvalue weighted by molar-refractivity contribution is 6.68. The van der Waals surface area contributed by atoms with E-state index in [9.17, 15) is 4.79 Å². The molecule has 0 aromatic carbocycles. The van der Waals surface area contributed by atoms with Crippen LogP contribution in [0.4, 0.5) is 4.79 Å². The molecule has 0 aromatic heterocycles. The summed E-state index contributed by atoms with van der Waals surface area (Å²) in [5.74, 6) is 0. The number of ether oxygens (including phenoxy) is 1. The van der Waals surface area contributed by atoms with E-state index in [2.05, 4.69) is 4.74 Å². The van der Waals surface area contributed by atoms with Crippen LogP contribution in [0.3, 0.4) is 0 Å². The third kappa shape index (κ3) is 10.4. The van der Waals surface area contributed by atoms with E-state index in [0.717, 1.165) is 0 Å². The molecule has 0 saturated carbocycles. The molecule has 2 nitrogen and oxygen atoms in total. The van der Waals surface area contributed by atoms with Gasteiger partial charge in [-0.15, -0.1) is 0 Å². The minimum absolute atomic E-state index is 0.00373. The molecule has 0 aliphatic rings. The zero-order valence-corrected chi connectivity index (χ0v) is 8.21. The molecule has 0 aliphatic carbocycles. The smallest absolute Gasteiger partial charge is 0.404 e. The number of hydrogen-bond acceptors (Lipinski definition) is 2. The lowest BCUT2D eigenvalue weighted by atomic mass is 10.5. The Balaban J connectivity index is 3.54. The fourth-order valence-electron chi connectivity index (χ4n) is 0.295. The third-order valence-electron chi connectivity index (χ3n) is 0.600. The molecule has 0 rings (SSSR count). The second kappa shape index (κ2) is 5.09. The fourth-order valence-corrected chi connectivity index (χ4v) is 0.626. The largest absolute Gasteiger partial charge is 0.449 e. The quantitative estimate of drug-likeness (QED) is 0.419. The first kappa shape index (κ1) is 11.4. The first-order valence-electron chi connectivity index (χ1n) is 2.48. The van der Waals surface area contributed by atoms with Gasteiger partial charge in [0.05, 0.1) is 0 Å². The van der Waals surface area contributed by atoms with Gasteiger partial charge in [-0.1, -0.05) is 34.8 Å². The van der Waals surface area contributed by atoms with Crippen LogP contribution in [0.1, 0.15) is 0 Å². The summed E-state index contributed by atoms with van der Waals surface area (Å²) < 4.78 is 2.84. The van der Waals surface area contributed by atoms with Gasteiger partial charge in [-0.25, -0.2) is 4.79 Å². The van der Waals surface area contributed by atoms with Gasteiger partial charge in [0, 0.05) is 11.6 Å².